The number of amides is 1. The fourth-order valence-corrected chi connectivity index (χ4v) is 3.26. The van der Waals surface area contributed by atoms with Crippen LogP contribution in [0.4, 0.5) is 5.69 Å². The highest BCUT2D eigenvalue weighted by Crippen LogP contribution is 2.32. The fraction of sp³-hybridized carbons (Fsp3) is 0.278. The van der Waals surface area contributed by atoms with E-state index >= 15 is 0 Å². The molecule has 0 aromatic heterocycles. The molecule has 1 amide bonds. The van der Waals surface area contributed by atoms with E-state index in [9.17, 15) is 4.79 Å². The molecule has 0 aliphatic carbocycles. The predicted octanol–water partition coefficient (Wildman–Crippen LogP) is 3.86. The van der Waals surface area contributed by atoms with Crippen molar-refractivity contribution in [2.75, 3.05) is 12.4 Å². The molecule has 1 heterocycles. The smallest absolute Gasteiger partial charge is 0.243 e. The zero-order chi connectivity index (χ0) is 18.0. The average Bonchev–Trinajstić information content (AvgIpc) is 3.08. The van der Waals surface area contributed by atoms with E-state index in [2.05, 4.69) is 16.2 Å². The van der Waals surface area contributed by atoms with Crippen LogP contribution in [0, 0.1) is 6.92 Å². The molecule has 3 N–H and O–H groups in total. The summed E-state index contributed by atoms with van der Waals surface area (Å²) in [6.45, 7) is 1.88. The largest absolute Gasteiger partial charge is 0.495 e. The van der Waals surface area contributed by atoms with Gasteiger partial charge in [0.1, 0.15) is 11.8 Å². The summed E-state index contributed by atoms with van der Waals surface area (Å²) in [5.74, 6) is 0.375. The van der Waals surface area contributed by atoms with Crippen LogP contribution in [0.3, 0.4) is 0 Å². The molecule has 1 aliphatic rings. The van der Waals surface area contributed by atoms with Crippen LogP contribution < -0.4 is 20.9 Å². The third kappa shape index (κ3) is 3.90. The van der Waals surface area contributed by atoms with Gasteiger partial charge in [-0.2, -0.15) is 0 Å². The highest BCUT2D eigenvalue weighted by molar-refractivity contribution is 6.31. The van der Waals surface area contributed by atoms with Crippen molar-refractivity contribution >= 4 is 34.8 Å². The molecule has 0 bridgehead atoms. The number of hydrogen-bond acceptors (Lipinski definition) is 4. The minimum Gasteiger partial charge on any atom is -0.495 e. The van der Waals surface area contributed by atoms with Gasteiger partial charge in [-0.1, -0.05) is 41.4 Å². The maximum absolute atomic E-state index is 12.6. The lowest BCUT2D eigenvalue weighted by Gasteiger charge is -2.15. The van der Waals surface area contributed by atoms with Crippen LogP contribution in [-0.4, -0.2) is 19.1 Å². The second-order valence-electron chi connectivity index (χ2n) is 5.94. The van der Waals surface area contributed by atoms with Crippen molar-refractivity contribution in [2.45, 2.75) is 25.4 Å². The maximum Gasteiger partial charge on any atom is 0.243 e. The number of halogens is 2. The third-order valence-electron chi connectivity index (χ3n) is 4.24. The molecule has 0 radical (unpaired) electrons. The topological polar surface area (TPSA) is 62.4 Å². The minimum atomic E-state index is -0.387. The molecule has 3 rings (SSSR count). The molecule has 132 valence electrons. The Balaban J connectivity index is 1.71. The van der Waals surface area contributed by atoms with Crippen molar-refractivity contribution in [3.05, 3.63) is 57.6 Å². The molecule has 2 atom stereocenters. The maximum atomic E-state index is 12.6. The van der Waals surface area contributed by atoms with Gasteiger partial charge in [-0.3, -0.25) is 4.79 Å². The van der Waals surface area contributed by atoms with Gasteiger partial charge in [0.15, 0.2) is 0 Å². The number of carbonyl (C=O) groups excluding carboxylic acids is 1. The lowest BCUT2D eigenvalue weighted by molar-refractivity contribution is -0.117. The van der Waals surface area contributed by atoms with Crippen LogP contribution in [0.5, 0.6) is 5.75 Å². The predicted molar refractivity (Wildman–Crippen MR) is 100 cm³/mol. The Labute approximate surface area is 156 Å². The summed E-state index contributed by atoms with van der Waals surface area (Å²) in [5.41, 5.74) is 8.58. The van der Waals surface area contributed by atoms with Crippen LogP contribution in [0.15, 0.2) is 36.4 Å². The Hall–Kier alpha value is -1.79. The molecule has 1 fully saturated rings. The monoisotopic (exact) mass is 379 g/mol. The van der Waals surface area contributed by atoms with E-state index in [0.717, 1.165) is 11.1 Å². The first-order valence-electron chi connectivity index (χ1n) is 7.90. The van der Waals surface area contributed by atoms with E-state index in [1.807, 2.05) is 31.2 Å². The fourth-order valence-electron chi connectivity index (χ4n) is 2.84. The van der Waals surface area contributed by atoms with Gasteiger partial charge in [-0.05, 0) is 36.6 Å². The molecular formula is C18H19Cl2N3O2. The standard InChI is InChI=1S/C18H19Cl2N3O2/c1-10-7-15(17(25-2)8-13(10)20)21-18(24)16-9-14(22-23-16)11-5-3-4-6-12(11)19/h3-8,14,16,22-23H,9H2,1-2H3,(H,21,24). The Morgan fingerprint density at radius 1 is 1.20 bits per heavy atom. The number of hydrazine groups is 1. The van der Waals surface area contributed by atoms with Gasteiger partial charge in [0, 0.05) is 22.2 Å². The Kier molecular flexibility index (Phi) is 5.49. The molecular weight excluding hydrogens is 361 g/mol. The Bertz CT molecular complexity index is 798. The second-order valence-corrected chi connectivity index (χ2v) is 6.76. The van der Waals surface area contributed by atoms with E-state index in [1.54, 1.807) is 19.2 Å². The number of carbonyl (C=O) groups is 1. The Morgan fingerprint density at radius 2 is 1.96 bits per heavy atom. The first kappa shape index (κ1) is 18.0. The van der Waals surface area contributed by atoms with Crippen molar-refractivity contribution in [3.8, 4) is 5.75 Å². The molecule has 2 aromatic rings. The molecule has 2 aromatic carbocycles. The summed E-state index contributed by atoms with van der Waals surface area (Å²) >= 11 is 12.3. The first-order valence-corrected chi connectivity index (χ1v) is 8.65. The second kappa shape index (κ2) is 7.62. The number of rotatable bonds is 4. The van der Waals surface area contributed by atoms with Crippen LogP contribution in [0.2, 0.25) is 10.0 Å². The molecule has 25 heavy (non-hydrogen) atoms. The summed E-state index contributed by atoms with van der Waals surface area (Å²) in [4.78, 5) is 12.6. The van der Waals surface area contributed by atoms with Gasteiger partial charge >= 0.3 is 0 Å². The molecule has 0 spiro atoms. The van der Waals surface area contributed by atoms with Crippen molar-refractivity contribution in [1.29, 1.82) is 0 Å². The van der Waals surface area contributed by atoms with Gasteiger partial charge in [0.25, 0.3) is 0 Å². The van der Waals surface area contributed by atoms with Gasteiger partial charge in [-0.25, -0.2) is 10.9 Å². The number of aryl methyl sites for hydroxylation is 1. The van der Waals surface area contributed by atoms with Gasteiger partial charge in [0.2, 0.25) is 5.91 Å². The lowest BCUT2D eigenvalue weighted by Crippen LogP contribution is -2.39. The molecule has 1 aliphatic heterocycles. The van der Waals surface area contributed by atoms with Gasteiger partial charge < -0.3 is 10.1 Å². The highest BCUT2D eigenvalue weighted by Gasteiger charge is 2.31. The number of anilines is 1. The minimum absolute atomic E-state index is 0.0294. The van der Waals surface area contributed by atoms with E-state index < -0.39 is 0 Å². The van der Waals surface area contributed by atoms with E-state index in [0.29, 0.717) is 27.9 Å². The zero-order valence-electron chi connectivity index (χ0n) is 13.9. The number of nitrogens with one attached hydrogen (secondary N) is 3. The van der Waals surface area contributed by atoms with Crippen LogP contribution >= 0.6 is 23.2 Å². The van der Waals surface area contributed by atoms with Crippen molar-refractivity contribution < 1.29 is 9.53 Å². The quantitative estimate of drug-likeness (QED) is 0.754. The number of benzene rings is 2. The SMILES string of the molecule is COc1cc(Cl)c(C)cc1NC(=O)C1CC(c2ccccc2Cl)NN1. The summed E-state index contributed by atoms with van der Waals surface area (Å²) in [6.07, 6.45) is 0.588. The summed E-state index contributed by atoms with van der Waals surface area (Å²) in [7, 11) is 1.54. The molecule has 7 heteroatoms. The van der Waals surface area contributed by atoms with E-state index in [-0.39, 0.29) is 18.0 Å². The van der Waals surface area contributed by atoms with Crippen molar-refractivity contribution in [1.82, 2.24) is 10.9 Å². The summed E-state index contributed by atoms with van der Waals surface area (Å²) in [5, 5.41) is 4.17. The first-order chi connectivity index (χ1) is 12.0. The van der Waals surface area contributed by atoms with E-state index in [1.165, 1.54) is 0 Å². The average molecular weight is 380 g/mol. The molecule has 2 unspecified atom stereocenters. The highest BCUT2D eigenvalue weighted by atomic mass is 35.5. The lowest BCUT2D eigenvalue weighted by atomic mass is 10.0. The molecule has 5 nitrogen and oxygen atoms in total. The van der Waals surface area contributed by atoms with Crippen molar-refractivity contribution in [3.63, 3.8) is 0 Å². The van der Waals surface area contributed by atoms with Crippen LogP contribution in [-0.2, 0) is 4.79 Å². The van der Waals surface area contributed by atoms with Gasteiger partial charge in [-0.15, -0.1) is 0 Å². The summed E-state index contributed by atoms with van der Waals surface area (Å²) < 4.78 is 5.30. The van der Waals surface area contributed by atoms with E-state index in [4.69, 9.17) is 27.9 Å². The van der Waals surface area contributed by atoms with Gasteiger partial charge in [0.05, 0.1) is 12.8 Å². The Morgan fingerprint density at radius 3 is 2.68 bits per heavy atom. The number of hydrogen-bond donors (Lipinski definition) is 3. The zero-order valence-corrected chi connectivity index (χ0v) is 15.4. The van der Waals surface area contributed by atoms with Crippen LogP contribution in [0.1, 0.15) is 23.6 Å². The van der Waals surface area contributed by atoms with Crippen molar-refractivity contribution in [2.24, 2.45) is 0 Å². The molecule has 1 saturated heterocycles. The van der Waals surface area contributed by atoms with Crippen LogP contribution in [0.25, 0.3) is 0 Å². The normalized spacial score (nSPS) is 19.7. The summed E-state index contributed by atoms with van der Waals surface area (Å²) in [6, 6.07) is 10.7. The third-order valence-corrected chi connectivity index (χ3v) is 4.99. The number of ether oxygens (including phenoxy) is 1. The molecule has 0 saturated carbocycles. The number of methoxy groups -OCH3 is 1.